The molecule has 2 heterocycles. The molecule has 0 saturated heterocycles. The van der Waals surface area contributed by atoms with E-state index in [4.69, 9.17) is 5.73 Å². The fraction of sp³-hybridized carbons (Fsp3) is 0.200. The first-order chi connectivity index (χ1) is 9.22. The van der Waals surface area contributed by atoms with Gasteiger partial charge >= 0.3 is 0 Å². The number of nitrogens with zero attached hydrogens (tertiary/aromatic N) is 2. The van der Waals surface area contributed by atoms with Crippen molar-refractivity contribution in [3.05, 3.63) is 40.5 Å². The van der Waals surface area contributed by atoms with Crippen molar-refractivity contribution >= 4 is 29.5 Å². The minimum atomic E-state index is 0.656. The van der Waals surface area contributed by atoms with Gasteiger partial charge in [-0.25, -0.2) is 9.97 Å². The van der Waals surface area contributed by atoms with Crippen LogP contribution in [0.1, 0.15) is 18.4 Å². The molecule has 0 saturated carbocycles. The maximum Gasteiger partial charge on any atom is 0.132 e. The average molecular weight is 252 g/mol. The van der Waals surface area contributed by atoms with Crippen LogP contribution < -0.4 is 21.6 Å². The summed E-state index contributed by atoms with van der Waals surface area (Å²) in [5.74, 6) is 1.57. The Kier molecular flexibility index (Phi) is 2.91. The fourth-order valence-electron chi connectivity index (χ4n) is 2.25. The van der Waals surface area contributed by atoms with Gasteiger partial charge in [-0.3, -0.25) is 0 Å². The summed E-state index contributed by atoms with van der Waals surface area (Å²) < 4.78 is 0. The van der Waals surface area contributed by atoms with Crippen LogP contribution in [0.25, 0.3) is 12.2 Å². The Balaban J connectivity index is 1.99. The second-order valence-electron chi connectivity index (χ2n) is 4.71. The molecule has 4 nitrogen and oxygen atoms in total. The van der Waals surface area contributed by atoms with Gasteiger partial charge in [0.1, 0.15) is 11.6 Å². The molecule has 3 N–H and O–H groups in total. The number of hydrogen-bond acceptors (Lipinski definition) is 4. The SMILES string of the molecule is Cc1cc(Nc2ccc(N)cn2)nc2c1=CCCC=2. The van der Waals surface area contributed by atoms with E-state index in [2.05, 4.69) is 34.4 Å². The maximum atomic E-state index is 5.62. The number of aromatic nitrogens is 2. The van der Waals surface area contributed by atoms with Gasteiger partial charge in [-0.2, -0.15) is 0 Å². The van der Waals surface area contributed by atoms with Gasteiger partial charge in [-0.15, -0.1) is 0 Å². The Labute approximate surface area is 111 Å². The van der Waals surface area contributed by atoms with Gasteiger partial charge in [-0.1, -0.05) is 12.2 Å². The number of nitrogens with one attached hydrogen (secondary N) is 1. The lowest BCUT2D eigenvalue weighted by atomic mass is 10.1. The topological polar surface area (TPSA) is 63.8 Å². The molecule has 2 aromatic rings. The highest BCUT2D eigenvalue weighted by molar-refractivity contribution is 5.55. The van der Waals surface area contributed by atoms with Crippen molar-refractivity contribution in [3.63, 3.8) is 0 Å². The van der Waals surface area contributed by atoms with Crippen molar-refractivity contribution in [1.29, 1.82) is 0 Å². The molecule has 4 heteroatoms. The molecule has 19 heavy (non-hydrogen) atoms. The quantitative estimate of drug-likeness (QED) is 0.849. The van der Waals surface area contributed by atoms with E-state index < -0.39 is 0 Å². The van der Waals surface area contributed by atoms with E-state index in [-0.39, 0.29) is 0 Å². The molecule has 0 radical (unpaired) electrons. The van der Waals surface area contributed by atoms with Gasteiger partial charge in [0.15, 0.2) is 0 Å². The molecule has 96 valence electrons. The monoisotopic (exact) mass is 252 g/mol. The summed E-state index contributed by atoms with van der Waals surface area (Å²) in [4.78, 5) is 8.84. The third-order valence-corrected chi connectivity index (χ3v) is 3.19. The van der Waals surface area contributed by atoms with Crippen LogP contribution in [0.5, 0.6) is 0 Å². The molecule has 0 aromatic carbocycles. The first-order valence-corrected chi connectivity index (χ1v) is 6.39. The maximum absolute atomic E-state index is 5.62. The van der Waals surface area contributed by atoms with Crippen molar-refractivity contribution in [3.8, 4) is 0 Å². The number of pyridine rings is 2. The third kappa shape index (κ3) is 2.42. The standard InChI is InChI=1S/C15H16N4/c1-10-8-15(18-13-5-3-2-4-12(10)13)19-14-7-6-11(16)9-17-14/h4-9H,2-3,16H2,1H3,(H,17,18,19). The number of rotatable bonds is 2. The lowest BCUT2D eigenvalue weighted by Crippen LogP contribution is -2.32. The highest BCUT2D eigenvalue weighted by atomic mass is 15.1. The summed E-state index contributed by atoms with van der Waals surface area (Å²) >= 11 is 0. The van der Waals surface area contributed by atoms with Gasteiger partial charge < -0.3 is 11.1 Å². The van der Waals surface area contributed by atoms with Gasteiger partial charge in [-0.05, 0) is 48.7 Å². The van der Waals surface area contributed by atoms with E-state index in [1.807, 2.05) is 18.2 Å². The Hall–Kier alpha value is -2.36. The molecule has 0 unspecified atom stereocenters. The van der Waals surface area contributed by atoms with Crippen LogP contribution in [-0.4, -0.2) is 9.97 Å². The van der Waals surface area contributed by atoms with Crippen molar-refractivity contribution in [1.82, 2.24) is 9.97 Å². The van der Waals surface area contributed by atoms with Gasteiger partial charge in [0, 0.05) is 0 Å². The van der Waals surface area contributed by atoms with E-state index in [0.29, 0.717) is 5.69 Å². The third-order valence-electron chi connectivity index (χ3n) is 3.19. The first-order valence-electron chi connectivity index (χ1n) is 6.39. The van der Waals surface area contributed by atoms with E-state index in [9.17, 15) is 0 Å². The molecular formula is C15H16N4. The van der Waals surface area contributed by atoms with Crippen LogP contribution in [0.3, 0.4) is 0 Å². The van der Waals surface area contributed by atoms with E-state index in [1.165, 1.54) is 10.8 Å². The van der Waals surface area contributed by atoms with Gasteiger partial charge in [0.25, 0.3) is 0 Å². The summed E-state index contributed by atoms with van der Waals surface area (Å²) in [6.45, 7) is 2.11. The Morgan fingerprint density at radius 2 is 2.00 bits per heavy atom. The minimum Gasteiger partial charge on any atom is -0.397 e. The molecule has 0 amide bonds. The van der Waals surface area contributed by atoms with E-state index in [1.54, 1.807) is 6.20 Å². The smallest absolute Gasteiger partial charge is 0.132 e. The number of nitrogen functional groups attached to an aromatic ring is 1. The zero-order chi connectivity index (χ0) is 13.2. The summed E-state index contributed by atoms with van der Waals surface area (Å²) in [5.41, 5.74) is 7.51. The normalized spacial score (nSPS) is 13.1. The Morgan fingerprint density at radius 1 is 1.16 bits per heavy atom. The second-order valence-corrected chi connectivity index (χ2v) is 4.71. The molecule has 0 aliphatic heterocycles. The predicted molar refractivity (Wildman–Crippen MR) is 78.3 cm³/mol. The molecule has 0 fully saturated rings. The van der Waals surface area contributed by atoms with Crippen LogP contribution in [0.15, 0.2) is 24.4 Å². The number of aryl methyl sites for hydroxylation is 1. The van der Waals surface area contributed by atoms with Gasteiger partial charge in [0.05, 0.1) is 17.2 Å². The van der Waals surface area contributed by atoms with Crippen molar-refractivity contribution < 1.29 is 0 Å². The number of hydrogen-bond donors (Lipinski definition) is 2. The molecule has 3 rings (SSSR count). The van der Waals surface area contributed by atoms with Crippen molar-refractivity contribution in [2.24, 2.45) is 0 Å². The second kappa shape index (κ2) is 4.72. The average Bonchev–Trinajstić information content (AvgIpc) is 2.42. The number of nitrogens with two attached hydrogens (primary N) is 1. The van der Waals surface area contributed by atoms with Crippen molar-refractivity contribution in [2.75, 3.05) is 11.1 Å². The molecule has 2 aromatic heterocycles. The Bertz CT molecular complexity index is 717. The summed E-state index contributed by atoms with van der Waals surface area (Å²) in [6.07, 6.45) is 8.23. The Morgan fingerprint density at radius 3 is 2.79 bits per heavy atom. The minimum absolute atomic E-state index is 0.656. The fourth-order valence-corrected chi connectivity index (χ4v) is 2.25. The van der Waals surface area contributed by atoms with E-state index in [0.717, 1.165) is 29.8 Å². The molecule has 1 aliphatic rings. The van der Waals surface area contributed by atoms with Crippen LogP contribution in [0, 0.1) is 6.92 Å². The predicted octanol–water partition coefficient (Wildman–Crippen LogP) is 1.47. The van der Waals surface area contributed by atoms with E-state index >= 15 is 0 Å². The molecular weight excluding hydrogens is 236 g/mol. The first kappa shape index (κ1) is 11.7. The number of fused-ring (bicyclic) bond motifs is 1. The van der Waals surface area contributed by atoms with Crippen molar-refractivity contribution in [2.45, 2.75) is 19.8 Å². The number of anilines is 3. The zero-order valence-electron chi connectivity index (χ0n) is 10.9. The van der Waals surface area contributed by atoms with Crippen LogP contribution >= 0.6 is 0 Å². The van der Waals surface area contributed by atoms with Crippen LogP contribution in [0.2, 0.25) is 0 Å². The largest absolute Gasteiger partial charge is 0.397 e. The molecule has 0 bridgehead atoms. The van der Waals surface area contributed by atoms with Crippen LogP contribution in [-0.2, 0) is 0 Å². The summed E-state index contributed by atoms with van der Waals surface area (Å²) in [7, 11) is 0. The summed E-state index contributed by atoms with van der Waals surface area (Å²) in [5, 5.41) is 5.52. The lowest BCUT2D eigenvalue weighted by molar-refractivity contribution is 1.06. The molecule has 0 atom stereocenters. The summed E-state index contributed by atoms with van der Waals surface area (Å²) in [6, 6.07) is 5.72. The lowest BCUT2D eigenvalue weighted by Gasteiger charge is -2.08. The highest BCUT2D eigenvalue weighted by Crippen LogP contribution is 2.12. The molecule has 0 spiro atoms. The van der Waals surface area contributed by atoms with Gasteiger partial charge in [0.2, 0.25) is 0 Å². The highest BCUT2D eigenvalue weighted by Gasteiger charge is 2.03. The zero-order valence-corrected chi connectivity index (χ0v) is 10.9. The van der Waals surface area contributed by atoms with Crippen LogP contribution in [0.4, 0.5) is 17.3 Å². The molecule has 1 aliphatic carbocycles.